The summed E-state index contributed by atoms with van der Waals surface area (Å²) >= 11 is 0. The van der Waals surface area contributed by atoms with Gasteiger partial charge in [0.15, 0.2) is 21.4 Å². The number of aliphatic carboxylic acids is 2. The molecule has 4 N–H and O–H groups in total. The van der Waals surface area contributed by atoms with Crippen molar-refractivity contribution in [2.24, 2.45) is 11.8 Å². The summed E-state index contributed by atoms with van der Waals surface area (Å²) < 4.78 is 78.2. The molecule has 17 heteroatoms. The largest absolute Gasteiger partial charge is 0.494 e. The van der Waals surface area contributed by atoms with Crippen molar-refractivity contribution in [3.05, 3.63) is 96.1 Å². The Labute approximate surface area is 289 Å². The Morgan fingerprint density at radius 1 is 1.02 bits per heavy atom. The molecule has 0 spiro atoms. The zero-order valence-electron chi connectivity index (χ0n) is 27.4. The van der Waals surface area contributed by atoms with Gasteiger partial charge in [0.2, 0.25) is 0 Å². The van der Waals surface area contributed by atoms with Crippen molar-refractivity contribution < 1.29 is 55.3 Å². The van der Waals surface area contributed by atoms with Gasteiger partial charge in [0.05, 0.1) is 34.9 Å². The van der Waals surface area contributed by atoms with Crippen molar-refractivity contribution in [1.82, 2.24) is 9.88 Å². The molecule has 3 aromatic carbocycles. The van der Waals surface area contributed by atoms with Gasteiger partial charge >= 0.3 is 18.1 Å². The number of fused-ring (bicyclic) bond motifs is 1. The molecular formula is C34H34F4N4O8S. The first-order valence-corrected chi connectivity index (χ1v) is 16.8. The van der Waals surface area contributed by atoms with Gasteiger partial charge in [0, 0.05) is 24.3 Å². The van der Waals surface area contributed by atoms with Gasteiger partial charge in [0.1, 0.15) is 6.04 Å². The number of ether oxygens (including phenoxy) is 1. The van der Waals surface area contributed by atoms with Crippen LogP contribution in [0.1, 0.15) is 43.5 Å². The number of pyridine rings is 1. The lowest BCUT2D eigenvalue weighted by Gasteiger charge is -2.36. The van der Waals surface area contributed by atoms with E-state index in [4.69, 9.17) is 20.5 Å². The number of rotatable bonds is 9. The lowest BCUT2D eigenvalue weighted by molar-refractivity contribution is -0.192. The molecule has 2 heterocycles. The highest BCUT2D eigenvalue weighted by molar-refractivity contribution is 7.92. The number of carbonyl (C=O) groups is 3. The van der Waals surface area contributed by atoms with Crippen molar-refractivity contribution in [1.29, 1.82) is 0 Å². The number of hydrazine groups is 1. The fourth-order valence-corrected chi connectivity index (χ4v) is 7.02. The van der Waals surface area contributed by atoms with Gasteiger partial charge in [-0.15, -0.1) is 0 Å². The lowest BCUT2D eigenvalue weighted by Crippen LogP contribution is -2.47. The van der Waals surface area contributed by atoms with Crippen LogP contribution in [0, 0.1) is 11.7 Å². The van der Waals surface area contributed by atoms with E-state index in [0.717, 1.165) is 10.8 Å². The van der Waals surface area contributed by atoms with Gasteiger partial charge in [-0.25, -0.2) is 23.4 Å². The summed E-state index contributed by atoms with van der Waals surface area (Å²) in [4.78, 5) is 41.5. The van der Waals surface area contributed by atoms with Crippen LogP contribution in [0.4, 0.5) is 23.2 Å². The number of sulfone groups is 1. The van der Waals surface area contributed by atoms with Crippen molar-refractivity contribution in [2.45, 2.75) is 48.7 Å². The Kier molecular flexibility index (Phi) is 11.6. The molecule has 1 amide bonds. The van der Waals surface area contributed by atoms with Crippen LogP contribution in [0.15, 0.2) is 84.0 Å². The van der Waals surface area contributed by atoms with E-state index in [0.29, 0.717) is 11.3 Å². The summed E-state index contributed by atoms with van der Waals surface area (Å²) in [6.45, 7) is 3.12. The van der Waals surface area contributed by atoms with E-state index in [2.05, 4.69) is 4.98 Å². The van der Waals surface area contributed by atoms with E-state index in [9.17, 15) is 40.7 Å². The van der Waals surface area contributed by atoms with Crippen molar-refractivity contribution in [2.75, 3.05) is 18.7 Å². The van der Waals surface area contributed by atoms with E-state index in [1.54, 1.807) is 68.7 Å². The fourth-order valence-electron chi connectivity index (χ4n) is 5.73. The van der Waals surface area contributed by atoms with Crippen molar-refractivity contribution in [3.63, 3.8) is 0 Å². The van der Waals surface area contributed by atoms with Crippen LogP contribution >= 0.6 is 0 Å². The number of nitrogens with two attached hydrogens (primary N) is 1. The summed E-state index contributed by atoms with van der Waals surface area (Å²) in [6.07, 6.45) is -1.67. The molecule has 5 rings (SSSR count). The van der Waals surface area contributed by atoms with Crippen LogP contribution in [-0.4, -0.2) is 71.4 Å². The van der Waals surface area contributed by atoms with Gasteiger partial charge in [-0.3, -0.25) is 19.6 Å². The average molecular weight is 735 g/mol. The minimum atomic E-state index is -5.08. The molecule has 0 saturated carbocycles. The maximum absolute atomic E-state index is 14.7. The number of carboxylic acids is 2. The zero-order valence-corrected chi connectivity index (χ0v) is 28.2. The number of benzene rings is 3. The number of methoxy groups -OCH3 is 1. The second-order valence-electron chi connectivity index (χ2n) is 11.8. The highest BCUT2D eigenvalue weighted by Crippen LogP contribution is 2.43. The number of aromatic nitrogens is 1. The first kappa shape index (κ1) is 38.5. The van der Waals surface area contributed by atoms with Crippen LogP contribution in [0.25, 0.3) is 10.8 Å². The van der Waals surface area contributed by atoms with Gasteiger partial charge in [0.25, 0.3) is 5.91 Å². The first-order chi connectivity index (χ1) is 23.9. The van der Waals surface area contributed by atoms with Crippen LogP contribution in [0.2, 0.25) is 0 Å². The first-order valence-electron chi connectivity index (χ1n) is 15.3. The number of hydrogen-bond donors (Lipinski definition) is 3. The molecule has 51 heavy (non-hydrogen) atoms. The maximum atomic E-state index is 14.7. The second kappa shape index (κ2) is 15.3. The molecular weight excluding hydrogens is 700 g/mol. The molecule has 0 bridgehead atoms. The number of hydrogen-bond acceptors (Lipinski definition) is 9. The number of carbonyl (C=O) groups excluding carboxylic acids is 1. The number of alkyl halides is 3. The van der Waals surface area contributed by atoms with Crippen LogP contribution in [0.3, 0.4) is 0 Å². The molecule has 0 radical (unpaired) electrons. The predicted molar refractivity (Wildman–Crippen MR) is 177 cm³/mol. The van der Waals surface area contributed by atoms with Crippen LogP contribution in [-0.2, 0) is 24.2 Å². The molecule has 1 aromatic heterocycles. The standard InChI is InChI=1S/C32H33FN4O6S.C2HF3O2/c1-19(2)44(41,42)28-7-5-4-6-24(28)30-25(32(39)40)13-15-36(30)31(38)29(21-9-11-26(33)27(17-21)43-3)37(34)23-10-8-22-18-35-14-12-20(22)16-23;3-2(4,5)1(6)7/h4-12,14,16-19,25,29-30H,13,15,34H2,1-3H3,(H,39,40);(H,6,7)/t25?,29-,30?;/m1./s1. The predicted octanol–water partition coefficient (Wildman–Crippen LogP) is 5.29. The zero-order chi connectivity index (χ0) is 37.8. The molecule has 3 atom stereocenters. The molecule has 1 aliphatic rings. The molecule has 2 unspecified atom stereocenters. The third kappa shape index (κ3) is 8.20. The molecule has 1 fully saturated rings. The van der Waals surface area contributed by atoms with Crippen molar-refractivity contribution in [3.8, 4) is 5.75 Å². The highest BCUT2D eigenvalue weighted by atomic mass is 32.2. The third-order valence-electron chi connectivity index (χ3n) is 8.33. The number of anilines is 1. The van der Waals surface area contributed by atoms with E-state index >= 15 is 0 Å². The minimum Gasteiger partial charge on any atom is -0.494 e. The average Bonchev–Trinajstić information content (AvgIpc) is 3.54. The number of carboxylic acid groups (broad SMARTS) is 2. The Morgan fingerprint density at radius 2 is 1.69 bits per heavy atom. The fraction of sp³-hybridized carbons (Fsp3) is 0.294. The molecule has 1 saturated heterocycles. The third-order valence-corrected chi connectivity index (χ3v) is 10.6. The lowest BCUT2D eigenvalue weighted by atomic mass is 9.93. The summed E-state index contributed by atoms with van der Waals surface area (Å²) in [5.41, 5.74) is 0.974. The Morgan fingerprint density at radius 3 is 2.29 bits per heavy atom. The monoisotopic (exact) mass is 734 g/mol. The molecule has 4 aromatic rings. The minimum absolute atomic E-state index is 0.0290. The molecule has 272 valence electrons. The van der Waals surface area contributed by atoms with E-state index in [-0.39, 0.29) is 29.2 Å². The van der Waals surface area contributed by atoms with E-state index < -0.39 is 62.9 Å². The summed E-state index contributed by atoms with van der Waals surface area (Å²) in [7, 11) is -2.54. The van der Waals surface area contributed by atoms with Crippen LogP contribution in [0.5, 0.6) is 5.75 Å². The number of amides is 1. The highest BCUT2D eigenvalue weighted by Gasteiger charge is 2.47. The van der Waals surface area contributed by atoms with Crippen molar-refractivity contribution >= 4 is 44.1 Å². The summed E-state index contributed by atoms with van der Waals surface area (Å²) in [5.74, 6) is 0.386. The smallest absolute Gasteiger partial charge is 0.490 e. The van der Waals surface area contributed by atoms with E-state index in [1.807, 2.05) is 0 Å². The Hall–Kier alpha value is -5.29. The Balaban J connectivity index is 0.000000755. The van der Waals surface area contributed by atoms with Gasteiger partial charge in [-0.2, -0.15) is 13.2 Å². The van der Waals surface area contributed by atoms with E-state index in [1.165, 1.54) is 41.3 Å². The quantitative estimate of drug-likeness (QED) is 0.116. The molecule has 12 nitrogen and oxygen atoms in total. The van der Waals surface area contributed by atoms with Gasteiger partial charge in [-0.05, 0) is 73.2 Å². The van der Waals surface area contributed by atoms with Gasteiger partial charge in [-0.1, -0.05) is 30.3 Å². The van der Waals surface area contributed by atoms with Gasteiger partial charge < -0.3 is 19.8 Å². The summed E-state index contributed by atoms with van der Waals surface area (Å²) in [5, 5.41) is 19.5. The Bertz CT molecular complexity index is 2040. The second-order valence-corrected chi connectivity index (χ2v) is 14.2. The maximum Gasteiger partial charge on any atom is 0.490 e. The number of likely N-dealkylation sites (tertiary alicyclic amines) is 1. The van der Waals surface area contributed by atoms with Crippen LogP contribution < -0.4 is 15.6 Å². The number of halogens is 4. The molecule has 1 aliphatic heterocycles. The topological polar surface area (TPSA) is 180 Å². The SMILES string of the molecule is COc1cc([C@H](C(=O)N2CCC(C(=O)O)C2c2ccccc2S(=O)(=O)C(C)C)N(N)c2ccc3cnccc3c2)ccc1F.O=C(O)C(F)(F)F. The molecule has 0 aliphatic carbocycles. The normalized spacial score (nSPS) is 16.7. The number of nitrogens with zero attached hydrogens (tertiary/aromatic N) is 3. The summed E-state index contributed by atoms with van der Waals surface area (Å²) in [6, 6.07) is 14.9.